The van der Waals surface area contributed by atoms with Crippen molar-refractivity contribution in [3.63, 3.8) is 0 Å². The third kappa shape index (κ3) is 4.14. The minimum atomic E-state index is -0.511. The van der Waals surface area contributed by atoms with Crippen molar-refractivity contribution in [2.24, 2.45) is 0 Å². The highest BCUT2D eigenvalue weighted by molar-refractivity contribution is 6.30. The third-order valence-corrected chi connectivity index (χ3v) is 5.12. The van der Waals surface area contributed by atoms with Gasteiger partial charge in [0.2, 0.25) is 0 Å². The first-order chi connectivity index (χ1) is 11.3. The van der Waals surface area contributed by atoms with Gasteiger partial charge in [0, 0.05) is 10.6 Å². The maximum atomic E-state index is 11.1. The number of halogens is 1. The van der Waals surface area contributed by atoms with E-state index in [1.807, 2.05) is 30.3 Å². The number of likely N-dealkylation sites (tertiary alicyclic amines) is 1. The van der Waals surface area contributed by atoms with Crippen molar-refractivity contribution in [2.45, 2.75) is 37.8 Å². The number of aliphatic hydroxyl groups is 1. The number of benzene rings is 2. The predicted octanol–water partition coefficient (Wildman–Crippen LogP) is 3.57. The first kappa shape index (κ1) is 16.5. The maximum Gasteiger partial charge on any atom is 0.144 e. The SMILES string of the molecule is O[C@H](c1ccc(Cl)cc1)[C@H](c1ccccc1)[NH+]1CCCCCC1. The molecule has 0 bridgehead atoms. The molecule has 2 aromatic carbocycles. The molecule has 2 aromatic rings. The molecule has 0 aromatic heterocycles. The van der Waals surface area contributed by atoms with Gasteiger partial charge in [-0.05, 0) is 43.4 Å². The molecule has 2 nitrogen and oxygen atoms in total. The van der Waals surface area contributed by atoms with E-state index in [1.54, 1.807) is 0 Å². The molecule has 2 atom stereocenters. The van der Waals surface area contributed by atoms with Gasteiger partial charge in [0.05, 0.1) is 13.1 Å². The van der Waals surface area contributed by atoms with E-state index in [4.69, 9.17) is 11.6 Å². The van der Waals surface area contributed by atoms with Gasteiger partial charge in [0.1, 0.15) is 12.1 Å². The van der Waals surface area contributed by atoms with Crippen LogP contribution in [0.1, 0.15) is 49.0 Å². The fourth-order valence-electron chi connectivity index (χ4n) is 3.65. The summed E-state index contributed by atoms with van der Waals surface area (Å²) in [7, 11) is 0. The lowest BCUT2D eigenvalue weighted by atomic mass is 9.94. The lowest BCUT2D eigenvalue weighted by Crippen LogP contribution is -3.12. The van der Waals surface area contributed by atoms with Gasteiger partial charge >= 0.3 is 0 Å². The zero-order valence-corrected chi connectivity index (χ0v) is 14.2. The summed E-state index contributed by atoms with van der Waals surface area (Å²) in [6, 6.07) is 18.1. The molecular formula is C20H25ClNO+. The Hall–Kier alpha value is -1.35. The second kappa shape index (κ2) is 7.96. The molecular weight excluding hydrogens is 306 g/mol. The minimum Gasteiger partial charge on any atom is -0.382 e. The summed E-state index contributed by atoms with van der Waals surface area (Å²) in [6.45, 7) is 2.26. The summed E-state index contributed by atoms with van der Waals surface area (Å²) in [5.74, 6) is 0. The standard InChI is InChI=1S/C20H24ClNO/c21-18-12-10-17(11-13-18)20(23)19(16-8-4-3-5-9-16)22-14-6-1-2-7-15-22/h3-5,8-13,19-20,23H,1-2,6-7,14-15H2/p+1/t19-,20+/m0/s1. The van der Waals surface area contributed by atoms with Crippen LogP contribution in [-0.2, 0) is 0 Å². The number of quaternary nitrogens is 1. The predicted molar refractivity (Wildman–Crippen MR) is 94.8 cm³/mol. The second-order valence-corrected chi connectivity index (χ2v) is 6.89. The van der Waals surface area contributed by atoms with Crippen LogP contribution in [0.25, 0.3) is 0 Å². The van der Waals surface area contributed by atoms with Crippen LogP contribution in [0.5, 0.6) is 0 Å². The molecule has 1 aliphatic heterocycles. The zero-order valence-electron chi connectivity index (χ0n) is 13.4. The van der Waals surface area contributed by atoms with E-state index in [1.165, 1.54) is 36.1 Å². The topological polar surface area (TPSA) is 24.7 Å². The van der Waals surface area contributed by atoms with Crippen molar-refractivity contribution < 1.29 is 10.0 Å². The molecule has 1 aliphatic rings. The van der Waals surface area contributed by atoms with E-state index in [-0.39, 0.29) is 6.04 Å². The lowest BCUT2D eigenvalue weighted by molar-refractivity contribution is -0.935. The van der Waals surface area contributed by atoms with Gasteiger partial charge in [-0.15, -0.1) is 0 Å². The van der Waals surface area contributed by atoms with Crippen LogP contribution >= 0.6 is 11.6 Å². The van der Waals surface area contributed by atoms with Crippen molar-refractivity contribution in [2.75, 3.05) is 13.1 Å². The van der Waals surface area contributed by atoms with Gasteiger partial charge in [-0.3, -0.25) is 0 Å². The van der Waals surface area contributed by atoms with Gasteiger partial charge in [0.15, 0.2) is 0 Å². The highest BCUT2D eigenvalue weighted by atomic mass is 35.5. The summed E-state index contributed by atoms with van der Waals surface area (Å²) in [6.07, 6.45) is 4.59. The van der Waals surface area contributed by atoms with Crippen LogP contribution in [0, 0.1) is 0 Å². The van der Waals surface area contributed by atoms with Gasteiger partial charge in [-0.25, -0.2) is 0 Å². The Morgan fingerprint density at radius 3 is 2.00 bits per heavy atom. The molecule has 2 N–H and O–H groups in total. The third-order valence-electron chi connectivity index (χ3n) is 4.87. The number of hydrogen-bond donors (Lipinski definition) is 2. The fourth-order valence-corrected chi connectivity index (χ4v) is 3.77. The molecule has 122 valence electrons. The molecule has 1 heterocycles. The Kier molecular flexibility index (Phi) is 5.71. The second-order valence-electron chi connectivity index (χ2n) is 6.46. The molecule has 3 rings (SSSR count). The number of rotatable bonds is 4. The fraction of sp³-hybridized carbons (Fsp3) is 0.400. The van der Waals surface area contributed by atoms with Crippen LogP contribution in [-0.4, -0.2) is 18.2 Å². The summed E-state index contributed by atoms with van der Waals surface area (Å²) in [5.41, 5.74) is 2.16. The largest absolute Gasteiger partial charge is 0.382 e. The van der Waals surface area contributed by atoms with Crippen molar-refractivity contribution in [1.82, 2.24) is 0 Å². The molecule has 1 saturated heterocycles. The minimum absolute atomic E-state index is 0.0791. The highest BCUT2D eigenvalue weighted by Crippen LogP contribution is 2.28. The van der Waals surface area contributed by atoms with Crippen LogP contribution in [0.4, 0.5) is 0 Å². The first-order valence-corrected chi connectivity index (χ1v) is 8.96. The van der Waals surface area contributed by atoms with Gasteiger partial charge in [-0.2, -0.15) is 0 Å². The average molecular weight is 331 g/mol. The number of aliphatic hydroxyl groups excluding tert-OH is 1. The Morgan fingerprint density at radius 1 is 0.783 bits per heavy atom. The Bertz CT molecular complexity index is 591. The summed E-state index contributed by atoms with van der Waals surface area (Å²) >= 11 is 6.00. The van der Waals surface area contributed by atoms with Crippen molar-refractivity contribution in [3.05, 3.63) is 70.7 Å². The van der Waals surface area contributed by atoms with Crippen LogP contribution < -0.4 is 4.90 Å². The average Bonchev–Trinajstić information content (AvgIpc) is 2.86. The molecule has 0 saturated carbocycles. The number of nitrogens with one attached hydrogen (secondary N) is 1. The molecule has 0 aliphatic carbocycles. The molecule has 3 heteroatoms. The molecule has 0 spiro atoms. The van der Waals surface area contributed by atoms with Crippen LogP contribution in [0.3, 0.4) is 0 Å². The number of hydrogen-bond acceptors (Lipinski definition) is 1. The summed E-state index contributed by atoms with van der Waals surface area (Å²) in [5, 5.41) is 11.8. The van der Waals surface area contributed by atoms with E-state index in [0.29, 0.717) is 5.02 Å². The van der Waals surface area contributed by atoms with Crippen LogP contribution in [0.15, 0.2) is 54.6 Å². The Labute approximate surface area is 143 Å². The lowest BCUT2D eigenvalue weighted by Gasteiger charge is -2.31. The van der Waals surface area contributed by atoms with Crippen molar-refractivity contribution in [1.29, 1.82) is 0 Å². The molecule has 0 radical (unpaired) electrons. The van der Waals surface area contributed by atoms with E-state index in [2.05, 4.69) is 24.3 Å². The van der Waals surface area contributed by atoms with Crippen molar-refractivity contribution in [3.8, 4) is 0 Å². The van der Waals surface area contributed by atoms with E-state index < -0.39 is 6.10 Å². The molecule has 1 fully saturated rings. The monoisotopic (exact) mass is 330 g/mol. The van der Waals surface area contributed by atoms with E-state index in [9.17, 15) is 5.11 Å². The summed E-state index contributed by atoms with van der Waals surface area (Å²) in [4.78, 5) is 1.50. The molecule has 23 heavy (non-hydrogen) atoms. The van der Waals surface area contributed by atoms with Gasteiger partial charge in [-0.1, -0.05) is 54.1 Å². The van der Waals surface area contributed by atoms with Gasteiger partial charge < -0.3 is 10.0 Å². The summed E-state index contributed by atoms with van der Waals surface area (Å²) < 4.78 is 0. The normalized spacial score (nSPS) is 19.0. The molecule has 0 unspecified atom stereocenters. The Morgan fingerprint density at radius 2 is 1.39 bits per heavy atom. The van der Waals surface area contributed by atoms with E-state index in [0.717, 1.165) is 18.7 Å². The van der Waals surface area contributed by atoms with Crippen molar-refractivity contribution >= 4 is 11.6 Å². The maximum absolute atomic E-state index is 11.1. The van der Waals surface area contributed by atoms with Crippen LogP contribution in [0.2, 0.25) is 5.02 Å². The quantitative estimate of drug-likeness (QED) is 0.880. The smallest absolute Gasteiger partial charge is 0.144 e. The highest BCUT2D eigenvalue weighted by Gasteiger charge is 2.32. The van der Waals surface area contributed by atoms with Gasteiger partial charge in [0.25, 0.3) is 0 Å². The zero-order chi connectivity index (χ0) is 16.1. The molecule has 0 amide bonds. The Balaban J connectivity index is 1.92. The van der Waals surface area contributed by atoms with E-state index >= 15 is 0 Å². The first-order valence-electron chi connectivity index (χ1n) is 8.59.